The second kappa shape index (κ2) is 9.62. The first kappa shape index (κ1) is 24.7. The van der Waals surface area contributed by atoms with E-state index in [2.05, 4.69) is 15.1 Å². The fraction of sp³-hybridized carbons (Fsp3) is 0.148. The number of halogens is 3. The highest BCUT2D eigenvalue weighted by atomic mass is 32.1. The van der Waals surface area contributed by atoms with Gasteiger partial charge in [-0.2, -0.15) is 13.2 Å². The van der Waals surface area contributed by atoms with Gasteiger partial charge in [0.25, 0.3) is 5.19 Å². The molecular weight excluding hydrogens is 533 g/mol. The van der Waals surface area contributed by atoms with E-state index in [0.717, 1.165) is 23.2 Å². The predicted octanol–water partition coefficient (Wildman–Crippen LogP) is 6.88. The number of ether oxygens (including phenoxy) is 3. The monoisotopic (exact) mass is 552 g/mol. The number of pyridine rings is 1. The molecule has 4 heterocycles. The van der Waals surface area contributed by atoms with Crippen molar-refractivity contribution in [2.45, 2.75) is 12.8 Å². The normalized spacial score (nSPS) is 11.8. The van der Waals surface area contributed by atoms with Crippen LogP contribution >= 0.6 is 11.3 Å². The number of methoxy groups -OCH3 is 2. The molecule has 0 saturated carbocycles. The van der Waals surface area contributed by atoms with E-state index in [1.54, 1.807) is 49.2 Å². The molecule has 0 fully saturated rings. The molecule has 8 nitrogen and oxygen atoms in total. The van der Waals surface area contributed by atoms with Crippen molar-refractivity contribution in [1.29, 1.82) is 0 Å². The molecule has 6 aromatic rings. The molecule has 0 unspecified atom stereocenters. The van der Waals surface area contributed by atoms with Crippen molar-refractivity contribution in [3.05, 3.63) is 78.1 Å². The number of imidazole rings is 1. The Morgan fingerprint density at radius 1 is 1.00 bits per heavy atom. The first-order chi connectivity index (χ1) is 18.8. The minimum atomic E-state index is -4.44. The molecule has 0 aliphatic carbocycles. The van der Waals surface area contributed by atoms with Crippen LogP contribution in [0.25, 0.3) is 38.6 Å². The van der Waals surface area contributed by atoms with Gasteiger partial charge in [0.05, 0.1) is 37.1 Å². The number of rotatable bonds is 7. The van der Waals surface area contributed by atoms with Gasteiger partial charge in [-0.3, -0.25) is 4.98 Å². The Balaban J connectivity index is 1.27. The Bertz CT molecular complexity index is 1760. The third-order valence-corrected chi connectivity index (χ3v) is 6.85. The van der Waals surface area contributed by atoms with E-state index >= 15 is 0 Å². The van der Waals surface area contributed by atoms with Crippen LogP contribution in [-0.4, -0.2) is 33.8 Å². The average molecular weight is 553 g/mol. The number of hydrogen-bond donors (Lipinski definition) is 0. The number of hydrogen-bond acceptors (Lipinski definition) is 8. The maximum atomic E-state index is 12.9. The summed E-state index contributed by atoms with van der Waals surface area (Å²) in [6.07, 6.45) is -1.85. The smallest absolute Gasteiger partial charge is 0.417 e. The van der Waals surface area contributed by atoms with Crippen LogP contribution in [0.3, 0.4) is 0 Å². The third kappa shape index (κ3) is 4.86. The second-order valence-corrected chi connectivity index (χ2v) is 9.41. The Hall–Kier alpha value is -4.58. The molecule has 4 aromatic heterocycles. The summed E-state index contributed by atoms with van der Waals surface area (Å²) in [7, 11) is 3.10. The van der Waals surface area contributed by atoms with Gasteiger partial charge in [0.15, 0.2) is 5.76 Å². The molecule has 0 bridgehead atoms. The number of alkyl halides is 3. The van der Waals surface area contributed by atoms with Crippen LogP contribution in [0.2, 0.25) is 0 Å². The highest BCUT2D eigenvalue weighted by Gasteiger charge is 2.30. The Morgan fingerprint density at radius 2 is 1.87 bits per heavy atom. The van der Waals surface area contributed by atoms with E-state index in [1.165, 1.54) is 17.4 Å². The Morgan fingerprint density at radius 3 is 2.59 bits per heavy atom. The van der Waals surface area contributed by atoms with Crippen LogP contribution in [0.4, 0.5) is 13.2 Å². The second-order valence-electron chi connectivity index (χ2n) is 8.49. The molecule has 0 aliphatic heterocycles. The molecule has 198 valence electrons. The zero-order chi connectivity index (χ0) is 27.1. The summed E-state index contributed by atoms with van der Waals surface area (Å²) >= 11 is 1.31. The van der Waals surface area contributed by atoms with Crippen LogP contribution in [0.5, 0.6) is 16.7 Å². The van der Waals surface area contributed by atoms with Crippen molar-refractivity contribution in [1.82, 2.24) is 19.6 Å². The van der Waals surface area contributed by atoms with Gasteiger partial charge in [-0.05, 0) is 41.2 Å². The maximum Gasteiger partial charge on any atom is 0.417 e. The lowest BCUT2D eigenvalue weighted by molar-refractivity contribution is -0.137. The fourth-order valence-corrected chi connectivity index (χ4v) is 4.74. The summed E-state index contributed by atoms with van der Waals surface area (Å²) in [5.74, 6) is 1.63. The van der Waals surface area contributed by atoms with Crippen molar-refractivity contribution in [3.8, 4) is 39.4 Å². The predicted molar refractivity (Wildman–Crippen MR) is 138 cm³/mol. The fourth-order valence-electron chi connectivity index (χ4n) is 4.04. The van der Waals surface area contributed by atoms with Gasteiger partial charge >= 0.3 is 6.18 Å². The third-order valence-electron chi connectivity index (χ3n) is 5.97. The SMILES string of the molecule is COc1cc(OCc2cccc(-c3ccc(C(F)(F)F)cn3)c2)c2cc(-c3cn4nc(OC)sc4n3)oc2c1. The van der Waals surface area contributed by atoms with Gasteiger partial charge in [0.2, 0.25) is 4.96 Å². The zero-order valence-corrected chi connectivity index (χ0v) is 21.3. The molecule has 0 radical (unpaired) electrons. The van der Waals surface area contributed by atoms with E-state index < -0.39 is 11.7 Å². The minimum Gasteiger partial charge on any atom is -0.496 e. The van der Waals surface area contributed by atoms with Crippen LogP contribution in [0.1, 0.15) is 11.1 Å². The summed E-state index contributed by atoms with van der Waals surface area (Å²) < 4.78 is 63.1. The highest BCUT2D eigenvalue weighted by Crippen LogP contribution is 2.38. The summed E-state index contributed by atoms with van der Waals surface area (Å²) in [5, 5.41) is 5.53. The Labute approximate surface area is 223 Å². The van der Waals surface area contributed by atoms with E-state index in [9.17, 15) is 13.2 Å². The molecule has 0 amide bonds. The molecule has 12 heteroatoms. The van der Waals surface area contributed by atoms with Crippen molar-refractivity contribution in [2.24, 2.45) is 0 Å². The molecule has 2 aromatic carbocycles. The lowest BCUT2D eigenvalue weighted by atomic mass is 10.1. The topological polar surface area (TPSA) is 83.9 Å². The van der Waals surface area contributed by atoms with Crippen LogP contribution in [0, 0.1) is 0 Å². The summed E-state index contributed by atoms with van der Waals surface area (Å²) in [5.41, 5.74) is 2.29. The average Bonchev–Trinajstić information content (AvgIpc) is 3.64. The minimum absolute atomic E-state index is 0.196. The summed E-state index contributed by atoms with van der Waals surface area (Å²) in [4.78, 5) is 9.22. The van der Waals surface area contributed by atoms with E-state index in [1.807, 2.05) is 18.2 Å². The zero-order valence-electron chi connectivity index (χ0n) is 20.5. The molecule has 0 N–H and O–H groups in total. The number of aromatic nitrogens is 4. The maximum absolute atomic E-state index is 12.9. The van der Waals surface area contributed by atoms with Gasteiger partial charge < -0.3 is 18.6 Å². The largest absolute Gasteiger partial charge is 0.496 e. The van der Waals surface area contributed by atoms with E-state index in [4.69, 9.17) is 18.6 Å². The van der Waals surface area contributed by atoms with Gasteiger partial charge in [-0.15, -0.1) is 5.10 Å². The van der Waals surface area contributed by atoms with Gasteiger partial charge in [0, 0.05) is 23.9 Å². The molecule has 0 aliphatic rings. The van der Waals surface area contributed by atoms with E-state index in [0.29, 0.717) is 49.9 Å². The van der Waals surface area contributed by atoms with Crippen molar-refractivity contribution in [2.75, 3.05) is 14.2 Å². The quantitative estimate of drug-likeness (QED) is 0.213. The molecule has 6 rings (SSSR count). The van der Waals surface area contributed by atoms with Crippen molar-refractivity contribution >= 4 is 27.3 Å². The van der Waals surface area contributed by atoms with E-state index in [-0.39, 0.29) is 6.61 Å². The number of nitrogens with zero attached hydrogens (tertiary/aromatic N) is 4. The molecule has 0 spiro atoms. The summed E-state index contributed by atoms with van der Waals surface area (Å²) in [6.45, 7) is 0.196. The first-order valence-electron chi connectivity index (χ1n) is 11.6. The standard InChI is InChI=1S/C27H19F3N4O4S/c1-35-18-9-22(19-11-24(38-23(19)10-18)21-13-34-25(32-21)39-26(33-34)36-2)37-14-15-4-3-5-16(8-15)20-7-6-17(12-31-20)27(28,29)30/h3-13H,14H2,1-2H3. The Kier molecular flexibility index (Phi) is 6.10. The van der Waals surface area contributed by atoms with Crippen LogP contribution in [0.15, 0.2) is 71.4 Å². The number of benzene rings is 2. The lowest BCUT2D eigenvalue weighted by Crippen LogP contribution is -2.05. The summed E-state index contributed by atoms with van der Waals surface area (Å²) in [6, 6.07) is 15.0. The van der Waals surface area contributed by atoms with Gasteiger partial charge in [-0.25, -0.2) is 9.50 Å². The lowest BCUT2D eigenvalue weighted by Gasteiger charge is -2.11. The molecule has 39 heavy (non-hydrogen) atoms. The highest BCUT2D eigenvalue weighted by molar-refractivity contribution is 7.18. The molecular formula is C27H19F3N4O4S. The van der Waals surface area contributed by atoms with Crippen LogP contribution < -0.4 is 14.2 Å². The van der Waals surface area contributed by atoms with Crippen molar-refractivity contribution in [3.63, 3.8) is 0 Å². The molecule has 0 atom stereocenters. The van der Waals surface area contributed by atoms with Gasteiger partial charge in [-0.1, -0.05) is 18.2 Å². The van der Waals surface area contributed by atoms with Crippen LogP contribution in [-0.2, 0) is 12.8 Å². The first-order valence-corrected chi connectivity index (χ1v) is 12.4. The van der Waals surface area contributed by atoms with Gasteiger partial charge in [0.1, 0.15) is 29.4 Å². The molecule has 0 saturated heterocycles. The number of fused-ring (bicyclic) bond motifs is 2. The van der Waals surface area contributed by atoms with Crippen molar-refractivity contribution < 1.29 is 31.8 Å². The number of furan rings is 1.